The molecule has 0 saturated carbocycles. The van der Waals surface area contributed by atoms with Crippen LogP contribution in [0.15, 0.2) is 60.9 Å². The van der Waals surface area contributed by atoms with Gasteiger partial charge < -0.3 is 15.0 Å². The van der Waals surface area contributed by atoms with Gasteiger partial charge in [-0.2, -0.15) is 0 Å². The van der Waals surface area contributed by atoms with Crippen molar-refractivity contribution in [1.29, 1.82) is 0 Å². The van der Waals surface area contributed by atoms with Gasteiger partial charge in [0.2, 0.25) is 5.91 Å². The van der Waals surface area contributed by atoms with Crippen molar-refractivity contribution in [3.8, 4) is 0 Å². The van der Waals surface area contributed by atoms with Gasteiger partial charge in [0.1, 0.15) is 5.65 Å². The molecule has 0 spiro atoms. The van der Waals surface area contributed by atoms with E-state index in [1.165, 1.54) is 0 Å². The molecule has 1 aliphatic rings. The molecule has 140 valence electrons. The van der Waals surface area contributed by atoms with Crippen molar-refractivity contribution in [2.75, 3.05) is 26.2 Å². The molecule has 6 heteroatoms. The van der Waals surface area contributed by atoms with E-state index < -0.39 is 0 Å². The molecule has 27 heavy (non-hydrogen) atoms. The topological polar surface area (TPSA) is 66.9 Å². The Morgan fingerprint density at radius 3 is 2.52 bits per heavy atom. The van der Waals surface area contributed by atoms with Gasteiger partial charge >= 0.3 is 0 Å². The number of hydrogen-bond donors (Lipinski definition) is 1. The molecule has 1 unspecified atom stereocenters. The Balaban J connectivity index is 1.28. The average Bonchev–Trinajstić information content (AvgIpc) is 3.11. The molecule has 3 aromatic rings. The van der Waals surface area contributed by atoms with Gasteiger partial charge in [-0.25, -0.2) is 4.98 Å². The highest BCUT2D eigenvalue weighted by atomic mass is 16.2. The lowest BCUT2D eigenvalue weighted by Gasteiger charge is -2.34. The van der Waals surface area contributed by atoms with E-state index in [0.717, 1.165) is 49.6 Å². The molecule has 2 N–H and O–H groups in total. The van der Waals surface area contributed by atoms with Gasteiger partial charge in [-0.3, -0.25) is 9.69 Å². The fraction of sp³-hybridized carbons (Fsp3) is 0.333. The van der Waals surface area contributed by atoms with Crippen LogP contribution in [-0.2, 0) is 11.3 Å². The predicted molar refractivity (Wildman–Crippen MR) is 105 cm³/mol. The van der Waals surface area contributed by atoms with Crippen LogP contribution in [0.3, 0.4) is 0 Å². The number of benzene rings is 1. The van der Waals surface area contributed by atoms with Crippen LogP contribution in [0.1, 0.15) is 23.7 Å². The van der Waals surface area contributed by atoms with Crippen LogP contribution in [0, 0.1) is 0 Å². The second kappa shape index (κ2) is 7.90. The molecule has 4 rings (SSSR count). The molecule has 1 aromatic carbocycles. The van der Waals surface area contributed by atoms with Crippen LogP contribution in [0.5, 0.6) is 0 Å². The quantitative estimate of drug-likeness (QED) is 0.754. The van der Waals surface area contributed by atoms with Crippen molar-refractivity contribution >= 4 is 11.6 Å². The Kier molecular flexibility index (Phi) is 5.18. The molecule has 1 atom stereocenters. The normalized spacial score (nSPS) is 16.6. The SMILES string of the molecule is NC(CC(=O)N1CCN(Cc2cn3ccccc3n2)CC1)c1ccccc1. The first-order valence-electron chi connectivity index (χ1n) is 9.42. The minimum absolute atomic E-state index is 0.138. The summed E-state index contributed by atoms with van der Waals surface area (Å²) in [5, 5.41) is 0. The lowest BCUT2D eigenvalue weighted by Crippen LogP contribution is -2.48. The van der Waals surface area contributed by atoms with Gasteiger partial charge in [0.15, 0.2) is 0 Å². The highest BCUT2D eigenvalue weighted by Crippen LogP contribution is 2.16. The minimum atomic E-state index is -0.241. The number of pyridine rings is 1. The number of imidazole rings is 1. The van der Waals surface area contributed by atoms with Crippen molar-refractivity contribution in [3.63, 3.8) is 0 Å². The van der Waals surface area contributed by atoms with Gasteiger partial charge in [-0.1, -0.05) is 36.4 Å². The van der Waals surface area contributed by atoms with Crippen LogP contribution in [-0.4, -0.2) is 51.3 Å². The summed E-state index contributed by atoms with van der Waals surface area (Å²) < 4.78 is 2.04. The monoisotopic (exact) mass is 363 g/mol. The number of nitrogens with zero attached hydrogens (tertiary/aromatic N) is 4. The third kappa shape index (κ3) is 4.18. The van der Waals surface area contributed by atoms with Crippen molar-refractivity contribution in [1.82, 2.24) is 19.2 Å². The summed E-state index contributed by atoms with van der Waals surface area (Å²) in [7, 11) is 0. The van der Waals surface area contributed by atoms with E-state index in [4.69, 9.17) is 5.73 Å². The largest absolute Gasteiger partial charge is 0.340 e. The number of aromatic nitrogens is 2. The standard InChI is InChI=1S/C21H25N5O/c22-19(17-6-2-1-3-7-17)14-21(27)25-12-10-24(11-13-25)15-18-16-26-9-5-4-8-20(26)23-18/h1-9,16,19H,10-15,22H2. The predicted octanol–water partition coefficient (Wildman–Crippen LogP) is 2.07. The summed E-state index contributed by atoms with van der Waals surface area (Å²) in [5.74, 6) is 0.138. The zero-order valence-corrected chi connectivity index (χ0v) is 15.4. The molecule has 1 fully saturated rings. The van der Waals surface area contributed by atoms with Gasteiger partial charge in [0, 0.05) is 57.6 Å². The lowest BCUT2D eigenvalue weighted by atomic mass is 10.0. The van der Waals surface area contributed by atoms with Gasteiger partial charge in [-0.15, -0.1) is 0 Å². The highest BCUT2D eigenvalue weighted by molar-refractivity contribution is 5.77. The number of hydrogen-bond acceptors (Lipinski definition) is 4. The third-order valence-corrected chi connectivity index (χ3v) is 5.15. The first kappa shape index (κ1) is 17.7. The van der Waals surface area contributed by atoms with Gasteiger partial charge in [-0.05, 0) is 17.7 Å². The Hall–Kier alpha value is -2.70. The number of carbonyl (C=O) groups is 1. The summed E-state index contributed by atoms with van der Waals surface area (Å²) in [4.78, 5) is 21.5. The molecule has 2 aromatic heterocycles. The molecular formula is C21H25N5O. The Morgan fingerprint density at radius 1 is 1.04 bits per heavy atom. The van der Waals surface area contributed by atoms with Crippen molar-refractivity contribution in [2.24, 2.45) is 5.73 Å². The minimum Gasteiger partial charge on any atom is -0.340 e. The van der Waals surface area contributed by atoms with Gasteiger partial charge in [0.25, 0.3) is 0 Å². The fourth-order valence-corrected chi connectivity index (χ4v) is 3.58. The first-order chi connectivity index (χ1) is 13.2. The average molecular weight is 363 g/mol. The molecule has 3 heterocycles. The van der Waals surface area contributed by atoms with Crippen molar-refractivity contribution in [2.45, 2.75) is 19.0 Å². The van der Waals surface area contributed by atoms with Crippen LogP contribution < -0.4 is 5.73 Å². The second-order valence-electron chi connectivity index (χ2n) is 7.08. The molecular weight excluding hydrogens is 338 g/mol. The van der Waals surface area contributed by atoms with Gasteiger partial charge in [0.05, 0.1) is 5.69 Å². The maximum absolute atomic E-state index is 12.6. The zero-order chi connectivity index (χ0) is 18.6. The maximum atomic E-state index is 12.6. The summed E-state index contributed by atoms with van der Waals surface area (Å²) in [6, 6.07) is 15.6. The number of amides is 1. The summed E-state index contributed by atoms with van der Waals surface area (Å²) in [6.45, 7) is 4.02. The number of carbonyl (C=O) groups excluding carboxylic acids is 1. The Bertz CT molecular complexity index is 866. The number of nitrogens with two attached hydrogens (primary N) is 1. The summed E-state index contributed by atoms with van der Waals surface area (Å²) in [5.41, 5.74) is 9.24. The Labute approximate surface area is 159 Å². The van der Waals surface area contributed by atoms with E-state index in [1.54, 1.807) is 0 Å². The molecule has 0 radical (unpaired) electrons. The van der Waals surface area contributed by atoms with E-state index in [2.05, 4.69) is 16.1 Å². The molecule has 6 nitrogen and oxygen atoms in total. The molecule has 1 amide bonds. The van der Waals surface area contributed by atoms with Crippen LogP contribution in [0.4, 0.5) is 0 Å². The maximum Gasteiger partial charge on any atom is 0.224 e. The molecule has 0 aliphatic carbocycles. The van der Waals surface area contributed by atoms with E-state index >= 15 is 0 Å². The van der Waals surface area contributed by atoms with Crippen LogP contribution >= 0.6 is 0 Å². The number of rotatable bonds is 5. The van der Waals surface area contributed by atoms with Crippen molar-refractivity contribution in [3.05, 3.63) is 72.2 Å². The molecule has 1 aliphatic heterocycles. The summed E-state index contributed by atoms with van der Waals surface area (Å²) >= 11 is 0. The Morgan fingerprint density at radius 2 is 1.78 bits per heavy atom. The van der Waals surface area contributed by atoms with Crippen molar-refractivity contribution < 1.29 is 4.79 Å². The van der Waals surface area contributed by atoms with E-state index in [0.29, 0.717) is 6.42 Å². The van der Waals surface area contributed by atoms with E-state index in [-0.39, 0.29) is 11.9 Å². The number of fused-ring (bicyclic) bond motifs is 1. The second-order valence-corrected chi connectivity index (χ2v) is 7.08. The third-order valence-electron chi connectivity index (χ3n) is 5.15. The smallest absolute Gasteiger partial charge is 0.224 e. The van der Waals surface area contributed by atoms with E-state index in [9.17, 15) is 4.79 Å². The molecule has 0 bridgehead atoms. The number of piperazine rings is 1. The summed E-state index contributed by atoms with van der Waals surface area (Å²) in [6.07, 6.45) is 4.45. The highest BCUT2D eigenvalue weighted by Gasteiger charge is 2.23. The molecule has 1 saturated heterocycles. The fourth-order valence-electron chi connectivity index (χ4n) is 3.58. The first-order valence-corrected chi connectivity index (χ1v) is 9.42. The van der Waals surface area contributed by atoms with Crippen LogP contribution in [0.25, 0.3) is 5.65 Å². The zero-order valence-electron chi connectivity index (χ0n) is 15.4. The lowest BCUT2D eigenvalue weighted by molar-refractivity contribution is -0.133. The van der Waals surface area contributed by atoms with Crippen LogP contribution in [0.2, 0.25) is 0 Å². The van der Waals surface area contributed by atoms with E-state index in [1.807, 2.05) is 64.0 Å².